The summed E-state index contributed by atoms with van der Waals surface area (Å²) in [5.41, 5.74) is 8.56. The monoisotopic (exact) mass is 1340 g/mol. The molecule has 0 bridgehead atoms. The van der Waals surface area contributed by atoms with E-state index in [0.29, 0.717) is 108 Å². The average Bonchev–Trinajstić information content (AvgIpc) is 1.24. The van der Waals surface area contributed by atoms with Crippen molar-refractivity contribution in [2.75, 3.05) is 36.4 Å². The minimum absolute atomic E-state index is 0.0531. The highest BCUT2D eigenvalue weighted by atomic mass is 32.2. The number of rotatable bonds is 30. The molecule has 0 amide bonds. The van der Waals surface area contributed by atoms with Crippen LogP contribution in [0.3, 0.4) is 0 Å². The maximum atomic E-state index is 14.5. The maximum Gasteiger partial charge on any atom is 0.241 e. The molecule has 0 spiro atoms. The fourth-order valence-corrected chi connectivity index (χ4v) is 17.2. The fraction of sp³-hybridized carbons (Fsp3) is 0.435. The second-order valence-electron chi connectivity index (χ2n) is 23.1. The number of nitrogens with zero attached hydrogens (tertiary/aromatic N) is 9. The van der Waals surface area contributed by atoms with Gasteiger partial charge in [0.05, 0.1) is 58.5 Å². The molecule has 4 aromatic carbocycles. The molecule has 0 saturated carbocycles. The molecule has 0 atom stereocenters. The zero-order valence-electron chi connectivity index (χ0n) is 53.4. The summed E-state index contributed by atoms with van der Waals surface area (Å²) < 4.78 is 101. The predicted octanol–water partition coefficient (Wildman–Crippen LogP) is 14.9. The predicted molar refractivity (Wildman–Crippen MR) is 361 cm³/mol. The Balaban J connectivity index is 1.38. The molecule has 0 fully saturated rings. The number of nitrogens with one attached hydrogen (secondary N) is 5. The summed E-state index contributed by atoms with van der Waals surface area (Å²) in [7, 11) is -12.1. The van der Waals surface area contributed by atoms with Crippen molar-refractivity contribution in [2.24, 2.45) is 10.2 Å². The molecule has 28 heteroatoms. The van der Waals surface area contributed by atoms with Crippen molar-refractivity contribution in [1.82, 2.24) is 44.4 Å². The van der Waals surface area contributed by atoms with Crippen molar-refractivity contribution in [3.63, 3.8) is 0 Å². The van der Waals surface area contributed by atoms with E-state index in [1.54, 1.807) is 69.9 Å². The standard InChI is InChI=1S/C62H80N14O8S6/c1-15-19-27-64-83-84-87-44-23-25-47-49(34-44)86-61(69-47)76-59(46(36-63)57(74-76)62(12,13)14)73-72-53-38(6)33-51(70-58(53)71-52-37(5)31-40(8)55(42(52)10)89(79,80)66-29-21-17-3)75(54-39(7)32-41(9)56(43(54)11)90(81,82)67-30-22-18-4)60-68-48-26-24-45(35-50(48)85-60)88(77,78)65-28-20-16-2/h23-26,31-35,64-67H,15-22,27-30H2,1-14H3,(H,70,71). The molecular weight excluding hydrogens is 1260 g/mol. The van der Waals surface area contributed by atoms with Crippen molar-refractivity contribution in [3.05, 3.63) is 105 Å². The molecule has 0 aliphatic rings. The first-order chi connectivity index (χ1) is 42.7. The Labute approximate surface area is 541 Å². The third-order valence-corrected chi connectivity index (χ3v) is 22.3. The van der Waals surface area contributed by atoms with E-state index in [1.807, 2.05) is 73.6 Å². The van der Waals surface area contributed by atoms with E-state index < -0.39 is 35.5 Å². The third kappa shape index (κ3) is 15.6. The molecule has 0 unspecified atom stereocenters. The first-order valence-corrected chi connectivity index (χ1v) is 36.8. The van der Waals surface area contributed by atoms with Gasteiger partial charge in [-0.1, -0.05) is 109 Å². The van der Waals surface area contributed by atoms with E-state index in [4.69, 9.17) is 39.6 Å². The first-order valence-electron chi connectivity index (χ1n) is 30.0. The van der Waals surface area contributed by atoms with Crippen LogP contribution in [-0.2, 0) is 44.8 Å². The van der Waals surface area contributed by atoms with Gasteiger partial charge in [0, 0.05) is 42.2 Å². The van der Waals surface area contributed by atoms with Gasteiger partial charge in [0.25, 0.3) is 0 Å². The number of fused-ring (bicyclic) bond motifs is 2. The van der Waals surface area contributed by atoms with Crippen molar-refractivity contribution < 1.29 is 34.6 Å². The third-order valence-electron chi connectivity index (χ3n) is 14.8. The van der Waals surface area contributed by atoms with Crippen molar-refractivity contribution >= 4 is 125 Å². The molecule has 22 nitrogen and oxygen atoms in total. The lowest BCUT2D eigenvalue weighted by Gasteiger charge is -2.28. The van der Waals surface area contributed by atoms with Crippen molar-refractivity contribution in [3.8, 4) is 11.2 Å². The molecule has 8 aromatic rings. The molecular formula is C62H80N14O8S6. The number of pyridine rings is 1. The van der Waals surface area contributed by atoms with E-state index in [1.165, 1.54) is 33.4 Å². The smallest absolute Gasteiger partial charge is 0.241 e. The molecule has 8 rings (SSSR count). The van der Waals surface area contributed by atoms with Gasteiger partial charge in [0.15, 0.2) is 16.8 Å². The molecule has 0 radical (unpaired) electrons. The molecule has 0 aliphatic carbocycles. The number of aryl methyl sites for hydroxylation is 5. The number of hydroxylamine groups is 1. The minimum atomic E-state index is -4.10. The number of aromatic nitrogens is 5. The molecule has 482 valence electrons. The van der Waals surface area contributed by atoms with Crippen LogP contribution in [0.1, 0.15) is 150 Å². The van der Waals surface area contributed by atoms with Gasteiger partial charge in [-0.05, 0) is 156 Å². The van der Waals surface area contributed by atoms with Crippen LogP contribution in [0.25, 0.3) is 25.6 Å². The summed E-state index contributed by atoms with van der Waals surface area (Å²) in [4.78, 5) is 23.4. The molecule has 0 aliphatic heterocycles. The topological polar surface area (TPSA) is 289 Å². The number of azo groups is 1. The summed E-state index contributed by atoms with van der Waals surface area (Å²) in [6.45, 7) is 27.7. The number of anilines is 5. The highest BCUT2D eigenvalue weighted by Gasteiger charge is 2.33. The van der Waals surface area contributed by atoms with Crippen LogP contribution in [0, 0.1) is 59.8 Å². The lowest BCUT2D eigenvalue weighted by molar-refractivity contribution is -0.244. The van der Waals surface area contributed by atoms with Gasteiger partial charge in [-0.2, -0.15) is 20.5 Å². The first kappa shape index (κ1) is 69.6. The van der Waals surface area contributed by atoms with E-state index in [0.717, 1.165) is 53.7 Å². The van der Waals surface area contributed by atoms with Gasteiger partial charge in [-0.25, -0.2) is 54.4 Å². The Hall–Kier alpha value is -6.33. The van der Waals surface area contributed by atoms with E-state index in [-0.39, 0.29) is 63.0 Å². The van der Waals surface area contributed by atoms with Gasteiger partial charge < -0.3 is 5.32 Å². The summed E-state index contributed by atoms with van der Waals surface area (Å²) in [5, 5.41) is 30.1. The van der Waals surface area contributed by atoms with E-state index in [9.17, 15) is 30.5 Å². The summed E-state index contributed by atoms with van der Waals surface area (Å²) in [6, 6.07) is 18.0. The van der Waals surface area contributed by atoms with Crippen LogP contribution >= 0.6 is 34.7 Å². The highest BCUT2D eigenvalue weighted by Crippen LogP contribution is 2.47. The maximum absolute atomic E-state index is 14.5. The largest absolute Gasteiger partial charge is 0.338 e. The minimum Gasteiger partial charge on any atom is -0.338 e. The highest BCUT2D eigenvalue weighted by molar-refractivity contribution is 7.94. The molecule has 0 saturated heterocycles. The van der Waals surface area contributed by atoms with E-state index in [2.05, 4.69) is 38.0 Å². The van der Waals surface area contributed by atoms with Gasteiger partial charge >= 0.3 is 0 Å². The Morgan fingerprint density at radius 2 is 1.23 bits per heavy atom. The van der Waals surface area contributed by atoms with Crippen LogP contribution in [0.5, 0.6) is 0 Å². The normalized spacial score (nSPS) is 12.5. The molecule has 5 N–H and O–H groups in total. The number of thiazole rings is 2. The number of sulfonamides is 3. The summed E-state index contributed by atoms with van der Waals surface area (Å²) in [6.07, 6.45) is 6.18. The zero-order chi connectivity index (χ0) is 65.5. The van der Waals surface area contributed by atoms with Crippen LogP contribution in [0.2, 0.25) is 0 Å². The van der Waals surface area contributed by atoms with Gasteiger partial charge in [-0.3, -0.25) is 4.90 Å². The Bertz CT molecular complexity index is 4380. The molecule has 90 heavy (non-hydrogen) atoms. The second kappa shape index (κ2) is 29.5. The zero-order valence-corrected chi connectivity index (χ0v) is 58.3. The number of benzene rings is 4. The lowest BCUT2D eigenvalue weighted by Crippen LogP contribution is -2.27. The average molecular weight is 1340 g/mol. The number of nitriles is 1. The number of hydrogen-bond donors (Lipinski definition) is 5. The SMILES string of the molecule is CCCCNOOSc1ccc2nc(-n3nc(C(C)(C)C)c(C#N)c3N=Nc3c(C)cc(N(c4nc5ccc(S(=O)(=O)NCCCC)cc5s4)c4c(C)cc(C)c(S(=O)(=O)NCCCC)c4C)nc3Nc3c(C)cc(C)c(S(=O)(=O)NCCCC)c3C)sc2c1. The quantitative estimate of drug-likeness (QED) is 0.00919. The summed E-state index contributed by atoms with van der Waals surface area (Å²) in [5.74, 6) is 0.405. The summed E-state index contributed by atoms with van der Waals surface area (Å²) >= 11 is 3.55. The Morgan fingerprint density at radius 3 is 1.86 bits per heavy atom. The van der Waals surface area contributed by atoms with E-state index >= 15 is 0 Å². The fourth-order valence-electron chi connectivity index (χ4n) is 10.4. The van der Waals surface area contributed by atoms with Crippen molar-refractivity contribution in [1.29, 1.82) is 5.26 Å². The van der Waals surface area contributed by atoms with Crippen LogP contribution in [-0.4, -0.2) is 76.2 Å². The van der Waals surface area contributed by atoms with Gasteiger partial charge in [0.2, 0.25) is 35.2 Å². The molecule has 4 heterocycles. The van der Waals surface area contributed by atoms with Crippen molar-refractivity contribution in [2.45, 2.75) is 173 Å². The van der Waals surface area contributed by atoms with Crippen LogP contribution in [0.4, 0.5) is 39.6 Å². The van der Waals surface area contributed by atoms with Gasteiger partial charge in [0.1, 0.15) is 23.1 Å². The Kier molecular flexibility index (Phi) is 22.8. The van der Waals surface area contributed by atoms with Crippen LogP contribution in [0.15, 0.2) is 84.4 Å². The second-order valence-corrected chi connectivity index (χ2v) is 31.1. The van der Waals surface area contributed by atoms with Gasteiger partial charge in [-0.15, -0.1) is 19.6 Å². The molecule has 4 aromatic heterocycles. The number of hydrogen-bond acceptors (Lipinski definition) is 21. The lowest BCUT2D eigenvalue weighted by atomic mass is 9.90. The number of unbranched alkanes of at least 4 members (excludes halogenated alkanes) is 4. The van der Waals surface area contributed by atoms with Crippen LogP contribution < -0.4 is 29.9 Å². The Morgan fingerprint density at radius 1 is 0.656 bits per heavy atom.